The van der Waals surface area contributed by atoms with Gasteiger partial charge in [0.1, 0.15) is 0 Å². The van der Waals surface area contributed by atoms with Gasteiger partial charge in [-0.05, 0) is 50.1 Å². The summed E-state index contributed by atoms with van der Waals surface area (Å²) in [6.45, 7) is 8.79. The van der Waals surface area contributed by atoms with Gasteiger partial charge in [-0.25, -0.2) is 0 Å². The number of rotatable bonds is 8. The van der Waals surface area contributed by atoms with E-state index in [9.17, 15) is 0 Å². The highest BCUT2D eigenvalue weighted by Gasteiger charge is 2.36. The summed E-state index contributed by atoms with van der Waals surface area (Å²) < 4.78 is 5.26. The minimum Gasteiger partial charge on any atom is -0.385 e. The first-order valence-electron chi connectivity index (χ1n) is 8.87. The monoisotopic (exact) mass is 438 g/mol. The van der Waals surface area contributed by atoms with Gasteiger partial charge in [-0.1, -0.05) is 13.3 Å². The first-order chi connectivity index (χ1) is 10.7. The molecule has 1 aliphatic heterocycles. The van der Waals surface area contributed by atoms with Crippen LogP contribution in [0.4, 0.5) is 0 Å². The summed E-state index contributed by atoms with van der Waals surface area (Å²) in [7, 11) is 3.66. The lowest BCUT2D eigenvalue weighted by Gasteiger charge is -2.42. The smallest absolute Gasteiger partial charge is 0.191 e. The van der Waals surface area contributed by atoms with Crippen molar-refractivity contribution >= 4 is 29.9 Å². The molecule has 6 heteroatoms. The van der Waals surface area contributed by atoms with Gasteiger partial charge in [-0.15, -0.1) is 24.0 Å². The lowest BCUT2D eigenvalue weighted by Crippen LogP contribution is -2.47. The Hall–Kier alpha value is -0.0800. The quantitative estimate of drug-likeness (QED) is 0.347. The zero-order chi connectivity index (χ0) is 15.8. The Bertz CT molecular complexity index is 361. The average Bonchev–Trinajstić information content (AvgIpc) is 2.96. The largest absolute Gasteiger partial charge is 0.385 e. The molecule has 2 aliphatic rings. The molecular formula is C17H35IN4O. The summed E-state index contributed by atoms with van der Waals surface area (Å²) in [5.41, 5.74) is 0.431. The molecule has 0 bridgehead atoms. The van der Waals surface area contributed by atoms with E-state index in [1.165, 1.54) is 45.3 Å². The SMILES string of the molecule is CCN1CCC(CNC(=NC)NCC2(CCOC)CCC2)C1.I. The summed E-state index contributed by atoms with van der Waals surface area (Å²) in [4.78, 5) is 6.90. The molecule has 0 amide bonds. The summed E-state index contributed by atoms with van der Waals surface area (Å²) >= 11 is 0. The predicted octanol–water partition coefficient (Wildman–Crippen LogP) is 2.32. The van der Waals surface area contributed by atoms with Crippen LogP contribution < -0.4 is 10.6 Å². The van der Waals surface area contributed by atoms with Crippen molar-refractivity contribution in [2.75, 3.05) is 53.5 Å². The predicted molar refractivity (Wildman–Crippen MR) is 108 cm³/mol. The van der Waals surface area contributed by atoms with Crippen LogP contribution in [0.15, 0.2) is 4.99 Å². The number of nitrogens with zero attached hydrogens (tertiary/aromatic N) is 2. The maximum absolute atomic E-state index is 5.26. The molecule has 0 aromatic carbocycles. The normalized spacial score (nSPS) is 24.0. The van der Waals surface area contributed by atoms with Crippen molar-refractivity contribution in [2.24, 2.45) is 16.3 Å². The lowest BCUT2D eigenvalue weighted by molar-refractivity contribution is 0.0732. The van der Waals surface area contributed by atoms with Gasteiger partial charge in [0.15, 0.2) is 5.96 Å². The molecule has 0 radical (unpaired) electrons. The molecule has 136 valence electrons. The van der Waals surface area contributed by atoms with Crippen LogP contribution in [0.2, 0.25) is 0 Å². The van der Waals surface area contributed by atoms with Crippen molar-refractivity contribution in [3.63, 3.8) is 0 Å². The van der Waals surface area contributed by atoms with Gasteiger partial charge in [-0.2, -0.15) is 0 Å². The molecule has 23 heavy (non-hydrogen) atoms. The van der Waals surface area contributed by atoms with Crippen LogP contribution in [0.25, 0.3) is 0 Å². The molecule has 1 unspecified atom stereocenters. The number of hydrogen-bond donors (Lipinski definition) is 2. The minimum absolute atomic E-state index is 0. The second-order valence-corrected chi connectivity index (χ2v) is 6.95. The highest BCUT2D eigenvalue weighted by atomic mass is 127. The maximum Gasteiger partial charge on any atom is 0.191 e. The van der Waals surface area contributed by atoms with Crippen LogP contribution in [-0.4, -0.2) is 64.3 Å². The number of methoxy groups -OCH3 is 1. The molecule has 0 aromatic heterocycles. The number of halogens is 1. The molecule has 1 heterocycles. The topological polar surface area (TPSA) is 48.9 Å². The fourth-order valence-corrected chi connectivity index (χ4v) is 3.61. The van der Waals surface area contributed by atoms with E-state index in [1.54, 1.807) is 7.11 Å². The van der Waals surface area contributed by atoms with Gasteiger partial charge in [0.05, 0.1) is 0 Å². The molecule has 2 N–H and O–H groups in total. The number of nitrogens with one attached hydrogen (secondary N) is 2. The summed E-state index contributed by atoms with van der Waals surface area (Å²) in [6.07, 6.45) is 6.44. The van der Waals surface area contributed by atoms with Crippen LogP contribution in [-0.2, 0) is 4.74 Å². The Morgan fingerprint density at radius 3 is 2.65 bits per heavy atom. The lowest BCUT2D eigenvalue weighted by atomic mass is 9.67. The highest BCUT2D eigenvalue weighted by Crippen LogP contribution is 2.43. The van der Waals surface area contributed by atoms with Crippen LogP contribution >= 0.6 is 24.0 Å². The van der Waals surface area contributed by atoms with Crippen LogP contribution in [0.3, 0.4) is 0 Å². The van der Waals surface area contributed by atoms with E-state index in [2.05, 4.69) is 27.4 Å². The fourth-order valence-electron chi connectivity index (χ4n) is 3.61. The number of hydrogen-bond acceptors (Lipinski definition) is 3. The summed E-state index contributed by atoms with van der Waals surface area (Å²) in [5, 5.41) is 7.05. The zero-order valence-electron chi connectivity index (χ0n) is 15.1. The van der Waals surface area contributed by atoms with E-state index < -0.39 is 0 Å². The number of guanidine groups is 1. The van der Waals surface area contributed by atoms with Gasteiger partial charge in [0, 0.05) is 40.4 Å². The fraction of sp³-hybridized carbons (Fsp3) is 0.941. The van der Waals surface area contributed by atoms with E-state index in [0.29, 0.717) is 5.41 Å². The van der Waals surface area contributed by atoms with Crippen molar-refractivity contribution in [3.8, 4) is 0 Å². The third-order valence-corrected chi connectivity index (χ3v) is 5.48. The number of likely N-dealkylation sites (tertiary alicyclic amines) is 1. The Balaban J connectivity index is 0.00000264. The van der Waals surface area contributed by atoms with Crippen molar-refractivity contribution in [1.82, 2.24) is 15.5 Å². The highest BCUT2D eigenvalue weighted by molar-refractivity contribution is 14.0. The van der Waals surface area contributed by atoms with Crippen molar-refractivity contribution in [1.29, 1.82) is 0 Å². The van der Waals surface area contributed by atoms with Crippen molar-refractivity contribution in [3.05, 3.63) is 0 Å². The average molecular weight is 438 g/mol. The van der Waals surface area contributed by atoms with Gasteiger partial charge < -0.3 is 20.3 Å². The number of aliphatic imine (C=N–C) groups is 1. The first-order valence-corrected chi connectivity index (χ1v) is 8.87. The number of ether oxygens (including phenoxy) is 1. The molecule has 1 saturated carbocycles. The van der Waals surface area contributed by atoms with E-state index in [-0.39, 0.29) is 24.0 Å². The van der Waals surface area contributed by atoms with E-state index in [4.69, 9.17) is 4.74 Å². The maximum atomic E-state index is 5.26. The Labute approximate surface area is 159 Å². The standard InChI is InChI=1S/C17H34N4O.HI/c1-4-21-10-6-15(13-21)12-19-16(18-2)20-14-17(7-5-8-17)9-11-22-3;/h15H,4-14H2,1-3H3,(H2,18,19,20);1H. The van der Waals surface area contributed by atoms with Crippen molar-refractivity contribution in [2.45, 2.75) is 39.0 Å². The molecular weight excluding hydrogens is 403 g/mol. The second-order valence-electron chi connectivity index (χ2n) is 6.95. The van der Waals surface area contributed by atoms with E-state index >= 15 is 0 Å². The Morgan fingerprint density at radius 2 is 2.13 bits per heavy atom. The molecule has 2 rings (SSSR count). The third kappa shape index (κ3) is 6.38. The second kappa shape index (κ2) is 10.7. The molecule has 1 saturated heterocycles. The van der Waals surface area contributed by atoms with Gasteiger partial charge in [0.25, 0.3) is 0 Å². The molecule has 1 aliphatic carbocycles. The molecule has 5 nitrogen and oxygen atoms in total. The zero-order valence-corrected chi connectivity index (χ0v) is 17.4. The summed E-state index contributed by atoms with van der Waals surface area (Å²) in [5.74, 6) is 1.71. The van der Waals surface area contributed by atoms with Gasteiger partial charge >= 0.3 is 0 Å². The third-order valence-electron chi connectivity index (χ3n) is 5.48. The van der Waals surface area contributed by atoms with Crippen molar-refractivity contribution < 1.29 is 4.74 Å². The summed E-state index contributed by atoms with van der Waals surface area (Å²) in [6, 6.07) is 0. The minimum atomic E-state index is 0. The van der Waals surface area contributed by atoms with Crippen LogP contribution in [0, 0.1) is 11.3 Å². The van der Waals surface area contributed by atoms with E-state index in [0.717, 1.165) is 38.0 Å². The molecule has 1 atom stereocenters. The van der Waals surface area contributed by atoms with Gasteiger partial charge in [-0.3, -0.25) is 4.99 Å². The van der Waals surface area contributed by atoms with Crippen LogP contribution in [0.1, 0.15) is 39.0 Å². The molecule has 0 aromatic rings. The Kier molecular flexibility index (Phi) is 9.77. The van der Waals surface area contributed by atoms with Gasteiger partial charge in [0.2, 0.25) is 0 Å². The molecule has 0 spiro atoms. The molecule has 2 fully saturated rings. The Morgan fingerprint density at radius 1 is 1.35 bits per heavy atom. The van der Waals surface area contributed by atoms with Crippen LogP contribution in [0.5, 0.6) is 0 Å². The first kappa shape index (κ1) is 21.0. The van der Waals surface area contributed by atoms with E-state index in [1.807, 2.05) is 7.05 Å².